The summed E-state index contributed by atoms with van der Waals surface area (Å²) in [5, 5.41) is 19.5. The molecule has 28 heavy (non-hydrogen) atoms. The van der Waals surface area contributed by atoms with Crippen molar-refractivity contribution in [3.8, 4) is 0 Å². The van der Waals surface area contributed by atoms with Crippen LogP contribution in [0.4, 0.5) is 0 Å². The second kappa shape index (κ2) is 10.4. The van der Waals surface area contributed by atoms with Crippen molar-refractivity contribution in [2.24, 2.45) is 18.0 Å². The van der Waals surface area contributed by atoms with Crippen LogP contribution < -0.4 is 10.6 Å². The zero-order chi connectivity index (χ0) is 19.8. The Morgan fingerprint density at radius 1 is 1.14 bits per heavy atom. The van der Waals surface area contributed by atoms with Crippen LogP contribution in [0.15, 0.2) is 40.0 Å². The molecule has 0 radical (unpaired) electrons. The molecule has 0 saturated heterocycles. The van der Waals surface area contributed by atoms with Crippen LogP contribution in [-0.2, 0) is 26.4 Å². The molecule has 2 N–H and O–H groups in total. The van der Waals surface area contributed by atoms with Gasteiger partial charge < -0.3 is 15.2 Å². The average Bonchev–Trinajstić information content (AvgIpc) is 3.43. The van der Waals surface area contributed by atoms with Gasteiger partial charge in [-0.05, 0) is 48.6 Å². The van der Waals surface area contributed by atoms with E-state index >= 15 is 0 Å². The molecule has 1 unspecified atom stereocenters. The number of thiophene rings is 2. The number of nitrogens with one attached hydrogen (secondary N) is 2. The molecular formula is C20H28N6S2. The fraction of sp³-hybridized carbons (Fsp3) is 0.450. The summed E-state index contributed by atoms with van der Waals surface area (Å²) in [6.07, 6.45) is 2.07. The number of guanidine groups is 1. The van der Waals surface area contributed by atoms with Gasteiger partial charge in [0.2, 0.25) is 0 Å². The van der Waals surface area contributed by atoms with Gasteiger partial charge in [0, 0.05) is 29.9 Å². The predicted molar refractivity (Wildman–Crippen MR) is 118 cm³/mol. The van der Waals surface area contributed by atoms with Crippen LogP contribution in [0.2, 0.25) is 0 Å². The van der Waals surface area contributed by atoms with Gasteiger partial charge in [-0.15, -0.1) is 32.9 Å². The van der Waals surface area contributed by atoms with Gasteiger partial charge in [0.1, 0.15) is 12.4 Å². The third-order valence-corrected chi connectivity index (χ3v) is 6.39. The zero-order valence-corrected chi connectivity index (χ0v) is 18.3. The van der Waals surface area contributed by atoms with E-state index in [4.69, 9.17) is 4.99 Å². The van der Waals surface area contributed by atoms with E-state index in [1.165, 1.54) is 9.75 Å². The van der Waals surface area contributed by atoms with E-state index in [1.807, 2.05) is 29.9 Å². The zero-order valence-electron chi connectivity index (χ0n) is 16.7. The van der Waals surface area contributed by atoms with Gasteiger partial charge >= 0.3 is 0 Å². The summed E-state index contributed by atoms with van der Waals surface area (Å²) in [5.41, 5.74) is 0. The molecule has 0 aliphatic heterocycles. The number of nitrogens with zero attached hydrogens (tertiary/aromatic N) is 4. The molecule has 150 valence electrons. The highest BCUT2D eigenvalue weighted by Crippen LogP contribution is 2.13. The average molecular weight is 417 g/mol. The largest absolute Gasteiger partial charge is 0.356 e. The van der Waals surface area contributed by atoms with E-state index in [2.05, 4.69) is 62.8 Å². The highest BCUT2D eigenvalue weighted by molar-refractivity contribution is 7.10. The number of aryl methyl sites for hydroxylation is 1. The molecule has 0 spiro atoms. The van der Waals surface area contributed by atoms with Gasteiger partial charge in [-0.1, -0.05) is 19.1 Å². The van der Waals surface area contributed by atoms with Crippen molar-refractivity contribution in [1.29, 1.82) is 0 Å². The molecule has 3 rings (SSSR count). The van der Waals surface area contributed by atoms with Gasteiger partial charge in [0.25, 0.3) is 0 Å². The second-order valence-corrected chi connectivity index (χ2v) is 8.98. The van der Waals surface area contributed by atoms with Crippen LogP contribution in [0.3, 0.4) is 0 Å². The topological polar surface area (TPSA) is 67.1 Å². The molecule has 1 atom stereocenters. The number of aliphatic imine (C=N–C) groups is 1. The van der Waals surface area contributed by atoms with Crippen molar-refractivity contribution in [3.05, 3.63) is 56.4 Å². The fourth-order valence-corrected chi connectivity index (χ4v) is 4.37. The molecular weight excluding hydrogens is 388 g/mol. The molecule has 6 nitrogen and oxygen atoms in total. The maximum atomic E-state index is 4.73. The maximum Gasteiger partial charge on any atom is 0.191 e. The first-order valence-electron chi connectivity index (χ1n) is 9.53. The molecule has 8 heteroatoms. The summed E-state index contributed by atoms with van der Waals surface area (Å²) in [4.78, 5) is 7.53. The van der Waals surface area contributed by atoms with Crippen molar-refractivity contribution in [2.75, 3.05) is 13.1 Å². The minimum Gasteiger partial charge on any atom is -0.356 e. The predicted octanol–water partition coefficient (Wildman–Crippen LogP) is 3.40. The first-order chi connectivity index (χ1) is 13.6. The highest BCUT2D eigenvalue weighted by atomic mass is 32.1. The Balaban J connectivity index is 1.56. The highest BCUT2D eigenvalue weighted by Gasteiger charge is 2.08. The van der Waals surface area contributed by atoms with Crippen LogP contribution in [0.25, 0.3) is 0 Å². The number of rotatable bonds is 9. The number of hydrogen-bond acceptors (Lipinski definition) is 5. The molecule has 0 aromatic carbocycles. The van der Waals surface area contributed by atoms with Crippen LogP contribution in [0.5, 0.6) is 0 Å². The van der Waals surface area contributed by atoms with Crippen molar-refractivity contribution >= 4 is 28.6 Å². The Hall–Kier alpha value is -2.19. The van der Waals surface area contributed by atoms with Crippen LogP contribution in [0, 0.1) is 12.8 Å². The molecule has 3 aromatic heterocycles. The van der Waals surface area contributed by atoms with Crippen LogP contribution in [-0.4, -0.2) is 33.8 Å². The van der Waals surface area contributed by atoms with Gasteiger partial charge in [-0.2, -0.15) is 0 Å². The normalized spacial score (nSPS) is 12.9. The summed E-state index contributed by atoms with van der Waals surface area (Å²) in [6.45, 7) is 6.45. The fourth-order valence-electron chi connectivity index (χ4n) is 2.79. The van der Waals surface area contributed by atoms with E-state index in [-0.39, 0.29) is 0 Å². The Bertz CT molecular complexity index is 852. The van der Waals surface area contributed by atoms with E-state index < -0.39 is 0 Å². The molecule has 0 aliphatic rings. The summed E-state index contributed by atoms with van der Waals surface area (Å²) < 4.78 is 1.98. The van der Waals surface area contributed by atoms with Crippen molar-refractivity contribution in [3.63, 3.8) is 0 Å². The lowest BCUT2D eigenvalue weighted by molar-refractivity contribution is 0.561. The second-order valence-electron chi connectivity index (χ2n) is 6.91. The maximum absolute atomic E-state index is 4.73. The molecule has 3 heterocycles. The summed E-state index contributed by atoms with van der Waals surface area (Å²) >= 11 is 3.61. The van der Waals surface area contributed by atoms with Gasteiger partial charge in [0.05, 0.1) is 0 Å². The lowest BCUT2D eigenvalue weighted by atomic mass is 10.1. The van der Waals surface area contributed by atoms with Crippen LogP contribution >= 0.6 is 22.7 Å². The van der Waals surface area contributed by atoms with Gasteiger partial charge in [-0.3, -0.25) is 0 Å². The van der Waals surface area contributed by atoms with E-state index in [0.717, 1.165) is 43.5 Å². The van der Waals surface area contributed by atoms with E-state index in [9.17, 15) is 0 Å². The molecule has 0 bridgehead atoms. The Kier molecular flexibility index (Phi) is 7.62. The van der Waals surface area contributed by atoms with Crippen molar-refractivity contribution in [2.45, 2.75) is 33.2 Å². The lowest BCUT2D eigenvalue weighted by Gasteiger charge is -2.16. The molecule has 0 amide bonds. The quantitative estimate of drug-likeness (QED) is 0.414. The van der Waals surface area contributed by atoms with Gasteiger partial charge in [0.15, 0.2) is 11.8 Å². The minimum atomic E-state index is 0.505. The Labute approximate surface area is 174 Å². The van der Waals surface area contributed by atoms with Crippen LogP contribution in [0.1, 0.15) is 28.3 Å². The first kappa shape index (κ1) is 20.5. The van der Waals surface area contributed by atoms with Crippen molar-refractivity contribution in [1.82, 2.24) is 25.4 Å². The number of hydrogen-bond donors (Lipinski definition) is 2. The Morgan fingerprint density at radius 3 is 2.54 bits per heavy atom. The third kappa shape index (κ3) is 6.17. The molecule has 0 fully saturated rings. The number of aromatic nitrogens is 3. The lowest BCUT2D eigenvalue weighted by Crippen LogP contribution is -2.40. The first-order valence-corrected chi connectivity index (χ1v) is 11.3. The summed E-state index contributed by atoms with van der Waals surface area (Å²) in [5.74, 6) is 3.12. The van der Waals surface area contributed by atoms with Gasteiger partial charge in [-0.25, -0.2) is 4.99 Å². The molecule has 0 aliphatic carbocycles. The standard InChI is InChI=1S/C20H28N6S2/c1-15(12-18-7-5-11-28-18)13-22-20(21-9-8-17-6-4-10-27-17)23-14-19-25-24-16(2)26(19)3/h4-7,10-11,15H,8-9,12-14H2,1-3H3,(H2,21,22,23). The monoisotopic (exact) mass is 416 g/mol. The van der Waals surface area contributed by atoms with E-state index in [1.54, 1.807) is 11.3 Å². The Morgan fingerprint density at radius 2 is 1.89 bits per heavy atom. The molecule has 3 aromatic rings. The van der Waals surface area contributed by atoms with E-state index in [0.29, 0.717) is 12.5 Å². The summed E-state index contributed by atoms with van der Waals surface area (Å²) in [6, 6.07) is 8.58. The SMILES string of the molecule is Cc1nnc(CN=C(NCCc2cccs2)NCC(C)Cc2cccs2)n1C. The third-order valence-electron chi connectivity index (χ3n) is 4.55. The smallest absolute Gasteiger partial charge is 0.191 e. The summed E-state index contributed by atoms with van der Waals surface area (Å²) in [7, 11) is 1.97. The molecule has 0 saturated carbocycles. The van der Waals surface area contributed by atoms with Crippen molar-refractivity contribution < 1.29 is 0 Å². The minimum absolute atomic E-state index is 0.505.